The lowest BCUT2D eigenvalue weighted by Gasteiger charge is -2.14. The summed E-state index contributed by atoms with van der Waals surface area (Å²) >= 11 is 2.88. The third kappa shape index (κ3) is 4.91. The van der Waals surface area contributed by atoms with E-state index in [0.29, 0.717) is 17.8 Å². The minimum atomic E-state index is -0.501. The number of thiophene rings is 1. The van der Waals surface area contributed by atoms with E-state index >= 15 is 0 Å². The summed E-state index contributed by atoms with van der Waals surface area (Å²) in [4.78, 5) is 33.6. The Labute approximate surface area is 200 Å². The number of carbonyl (C=O) groups is 2. The molecule has 1 unspecified atom stereocenters. The second-order valence-electron chi connectivity index (χ2n) is 7.93. The van der Waals surface area contributed by atoms with Gasteiger partial charge in [-0.25, -0.2) is 9.97 Å². The maximum atomic E-state index is 12.8. The van der Waals surface area contributed by atoms with Crippen LogP contribution in [0.5, 0.6) is 5.75 Å². The normalized spacial score (nSPS) is 12.1. The van der Waals surface area contributed by atoms with Gasteiger partial charge in [-0.3, -0.25) is 9.59 Å². The van der Waals surface area contributed by atoms with Crippen molar-refractivity contribution in [2.45, 2.75) is 37.0 Å². The van der Waals surface area contributed by atoms with E-state index in [0.717, 1.165) is 26.4 Å². The average Bonchev–Trinajstić information content (AvgIpc) is 3.25. The number of benzene rings is 2. The van der Waals surface area contributed by atoms with Crippen molar-refractivity contribution in [2.24, 2.45) is 0 Å². The summed E-state index contributed by atoms with van der Waals surface area (Å²) in [7, 11) is 0. The van der Waals surface area contributed by atoms with Crippen molar-refractivity contribution in [1.82, 2.24) is 9.97 Å². The highest BCUT2D eigenvalue weighted by atomic mass is 32.2. The highest BCUT2D eigenvalue weighted by Crippen LogP contribution is 2.39. The largest absolute Gasteiger partial charge is 0.506 e. The molecule has 0 aliphatic carbocycles. The molecule has 6 nitrogen and oxygen atoms in total. The van der Waals surface area contributed by atoms with Crippen LogP contribution in [0, 0.1) is 0 Å². The second-order valence-corrected chi connectivity index (χ2v) is 10.1. The van der Waals surface area contributed by atoms with Gasteiger partial charge in [-0.2, -0.15) is 0 Å². The van der Waals surface area contributed by atoms with E-state index in [2.05, 4.69) is 58.8 Å². The molecule has 2 aromatic carbocycles. The van der Waals surface area contributed by atoms with Crippen molar-refractivity contribution < 1.29 is 14.7 Å². The van der Waals surface area contributed by atoms with Gasteiger partial charge in [0.25, 0.3) is 0 Å². The molecule has 0 bridgehead atoms. The van der Waals surface area contributed by atoms with Gasteiger partial charge in [0, 0.05) is 16.5 Å². The van der Waals surface area contributed by atoms with E-state index in [1.165, 1.54) is 41.9 Å². The van der Waals surface area contributed by atoms with Crippen molar-refractivity contribution in [1.29, 1.82) is 0 Å². The van der Waals surface area contributed by atoms with Gasteiger partial charge in [0.15, 0.2) is 0 Å². The Bertz CT molecular complexity index is 1320. The predicted molar refractivity (Wildman–Crippen MR) is 134 cm³/mol. The van der Waals surface area contributed by atoms with Gasteiger partial charge in [-0.05, 0) is 42.2 Å². The number of rotatable bonds is 7. The van der Waals surface area contributed by atoms with Crippen LogP contribution in [0.25, 0.3) is 21.3 Å². The van der Waals surface area contributed by atoms with Crippen LogP contribution in [0.1, 0.15) is 42.6 Å². The number of thioether (sulfide) groups is 1. The molecule has 8 heteroatoms. The fraction of sp³-hybridized carbons (Fsp3) is 0.200. The van der Waals surface area contributed by atoms with Gasteiger partial charge in [-0.15, -0.1) is 11.3 Å². The zero-order chi connectivity index (χ0) is 23.5. The summed E-state index contributed by atoms with van der Waals surface area (Å²) < 4.78 is 0. The molecular formula is C25H23N3O3S2. The molecule has 0 saturated heterocycles. The lowest BCUT2D eigenvalue weighted by atomic mass is 9.99. The van der Waals surface area contributed by atoms with Gasteiger partial charge in [-0.1, -0.05) is 49.9 Å². The molecule has 0 aliphatic rings. The number of aromatic nitrogens is 2. The SMILES string of the molecule is CC(Sc1ncnc2scc(-c3ccc(C(C)C)cc3)c12)C(=O)Nc1cc(C=O)ccc1O. The lowest BCUT2D eigenvalue weighted by Crippen LogP contribution is -2.22. The number of aromatic hydroxyl groups is 1. The van der Waals surface area contributed by atoms with Crippen LogP contribution in [0.15, 0.2) is 59.2 Å². The summed E-state index contributed by atoms with van der Waals surface area (Å²) in [5.74, 6) is 0.0578. The summed E-state index contributed by atoms with van der Waals surface area (Å²) in [5, 5.41) is 15.9. The smallest absolute Gasteiger partial charge is 0.237 e. The van der Waals surface area contributed by atoms with Gasteiger partial charge in [0.05, 0.1) is 16.3 Å². The van der Waals surface area contributed by atoms with Crippen LogP contribution >= 0.6 is 23.1 Å². The summed E-state index contributed by atoms with van der Waals surface area (Å²) in [6, 6.07) is 12.8. The number of phenolic OH excluding ortho intramolecular Hbond substituents is 1. The minimum Gasteiger partial charge on any atom is -0.506 e. The van der Waals surface area contributed by atoms with Gasteiger partial charge in [0.1, 0.15) is 28.2 Å². The molecule has 0 radical (unpaired) electrons. The summed E-state index contributed by atoms with van der Waals surface area (Å²) in [6.07, 6.45) is 2.17. The molecule has 2 aromatic heterocycles. The van der Waals surface area contributed by atoms with E-state index in [-0.39, 0.29) is 17.3 Å². The first-order valence-electron chi connectivity index (χ1n) is 10.5. The maximum absolute atomic E-state index is 12.8. The molecule has 168 valence electrons. The van der Waals surface area contributed by atoms with Crippen LogP contribution in [0.2, 0.25) is 0 Å². The van der Waals surface area contributed by atoms with Gasteiger partial charge in [0.2, 0.25) is 5.91 Å². The first-order valence-corrected chi connectivity index (χ1v) is 12.2. The molecule has 4 rings (SSSR count). The number of aldehydes is 1. The Kier molecular flexibility index (Phi) is 6.76. The molecule has 0 aliphatic heterocycles. The van der Waals surface area contributed by atoms with Crippen molar-refractivity contribution in [3.8, 4) is 16.9 Å². The number of hydrogen-bond acceptors (Lipinski definition) is 7. The van der Waals surface area contributed by atoms with Gasteiger partial charge >= 0.3 is 0 Å². The van der Waals surface area contributed by atoms with Crippen LogP contribution in [-0.2, 0) is 4.79 Å². The second kappa shape index (κ2) is 9.72. The van der Waals surface area contributed by atoms with Crippen molar-refractivity contribution in [3.05, 3.63) is 65.3 Å². The molecule has 4 aromatic rings. The number of nitrogens with one attached hydrogen (secondary N) is 1. The van der Waals surface area contributed by atoms with Crippen molar-refractivity contribution in [3.63, 3.8) is 0 Å². The number of phenols is 1. The van der Waals surface area contributed by atoms with Crippen LogP contribution < -0.4 is 5.32 Å². The maximum Gasteiger partial charge on any atom is 0.237 e. The molecule has 1 atom stereocenters. The Morgan fingerprint density at radius 2 is 1.88 bits per heavy atom. The van der Waals surface area contributed by atoms with E-state index in [4.69, 9.17) is 0 Å². The Morgan fingerprint density at radius 1 is 1.12 bits per heavy atom. The fourth-order valence-corrected chi connectivity index (χ4v) is 5.29. The zero-order valence-corrected chi connectivity index (χ0v) is 20.0. The Hall–Kier alpha value is -3.23. The third-order valence-corrected chi connectivity index (χ3v) is 7.28. The molecule has 0 saturated carbocycles. The number of amides is 1. The van der Waals surface area contributed by atoms with E-state index in [1.54, 1.807) is 18.3 Å². The van der Waals surface area contributed by atoms with Gasteiger partial charge < -0.3 is 10.4 Å². The quantitative estimate of drug-likeness (QED) is 0.144. The average molecular weight is 478 g/mol. The van der Waals surface area contributed by atoms with Crippen molar-refractivity contribution in [2.75, 3.05) is 5.32 Å². The summed E-state index contributed by atoms with van der Waals surface area (Å²) in [5.41, 5.74) is 3.96. The zero-order valence-electron chi connectivity index (χ0n) is 18.4. The van der Waals surface area contributed by atoms with E-state index in [9.17, 15) is 14.7 Å². The highest BCUT2D eigenvalue weighted by molar-refractivity contribution is 8.00. The first-order chi connectivity index (χ1) is 15.9. The van der Waals surface area contributed by atoms with Crippen LogP contribution in [0.4, 0.5) is 5.69 Å². The molecule has 0 spiro atoms. The number of fused-ring (bicyclic) bond motifs is 1. The highest BCUT2D eigenvalue weighted by Gasteiger charge is 2.21. The third-order valence-electron chi connectivity index (χ3n) is 5.30. The number of hydrogen-bond donors (Lipinski definition) is 2. The molecule has 1 amide bonds. The molecule has 33 heavy (non-hydrogen) atoms. The first kappa shape index (κ1) is 22.9. The molecular weight excluding hydrogens is 454 g/mol. The fourth-order valence-electron chi connectivity index (χ4n) is 3.38. The minimum absolute atomic E-state index is 0.0967. The number of carbonyl (C=O) groups excluding carboxylic acids is 2. The van der Waals surface area contributed by atoms with Crippen LogP contribution in [0.3, 0.4) is 0 Å². The molecule has 2 N–H and O–H groups in total. The Morgan fingerprint density at radius 3 is 2.58 bits per heavy atom. The monoisotopic (exact) mass is 477 g/mol. The standard InChI is InChI=1S/C25H23N3O3S2/c1-14(2)17-5-7-18(8-6-17)19-12-32-24-22(19)25(27-13-26-24)33-15(3)23(31)28-20-10-16(11-29)4-9-21(20)30/h4-15,30H,1-3H3,(H,28,31). The topological polar surface area (TPSA) is 92.2 Å². The molecule has 0 fully saturated rings. The molecule has 2 heterocycles. The van der Waals surface area contributed by atoms with E-state index < -0.39 is 5.25 Å². The number of anilines is 1. The lowest BCUT2D eigenvalue weighted by molar-refractivity contribution is -0.115. The van der Waals surface area contributed by atoms with Crippen molar-refractivity contribution >= 4 is 51.2 Å². The van der Waals surface area contributed by atoms with E-state index in [1.807, 2.05) is 0 Å². The predicted octanol–water partition coefficient (Wildman–Crippen LogP) is 6.12. The summed E-state index contributed by atoms with van der Waals surface area (Å²) in [6.45, 7) is 6.11. The Balaban J connectivity index is 1.60. The number of nitrogens with zero attached hydrogens (tertiary/aromatic N) is 2. The van der Waals surface area contributed by atoms with Crippen LogP contribution in [-0.4, -0.2) is 32.5 Å².